The van der Waals surface area contributed by atoms with E-state index in [1.54, 1.807) is 30.3 Å². The van der Waals surface area contributed by atoms with E-state index in [-0.39, 0.29) is 5.91 Å². The highest BCUT2D eigenvalue weighted by atomic mass is 35.5. The molecule has 5 heteroatoms. The van der Waals surface area contributed by atoms with E-state index in [4.69, 9.17) is 21.1 Å². The van der Waals surface area contributed by atoms with Crippen molar-refractivity contribution in [1.29, 1.82) is 0 Å². The summed E-state index contributed by atoms with van der Waals surface area (Å²) in [5.41, 5.74) is 2.98. The lowest BCUT2D eigenvalue weighted by Crippen LogP contribution is -2.13. The third-order valence-electron chi connectivity index (χ3n) is 4.07. The first-order valence-corrected chi connectivity index (χ1v) is 8.87. The maximum absolute atomic E-state index is 12.6. The first-order chi connectivity index (χ1) is 13.1. The average Bonchev–Trinajstić information content (AvgIpc) is 2.70. The minimum Gasteiger partial charge on any atom is -0.495 e. The number of hydrogen-bond donors (Lipinski definition) is 1. The van der Waals surface area contributed by atoms with Gasteiger partial charge in [0.25, 0.3) is 5.91 Å². The molecule has 0 spiro atoms. The van der Waals surface area contributed by atoms with Crippen LogP contribution in [-0.4, -0.2) is 13.0 Å². The van der Waals surface area contributed by atoms with E-state index < -0.39 is 0 Å². The third-order valence-corrected chi connectivity index (χ3v) is 4.48. The molecule has 3 aromatic rings. The van der Waals surface area contributed by atoms with Crippen LogP contribution in [0.5, 0.6) is 11.5 Å². The molecule has 1 amide bonds. The fraction of sp³-hybridized carbons (Fsp3) is 0.136. The van der Waals surface area contributed by atoms with Gasteiger partial charge in [-0.25, -0.2) is 0 Å². The Morgan fingerprint density at radius 3 is 2.56 bits per heavy atom. The van der Waals surface area contributed by atoms with Gasteiger partial charge < -0.3 is 14.8 Å². The summed E-state index contributed by atoms with van der Waals surface area (Å²) in [7, 11) is 1.54. The summed E-state index contributed by atoms with van der Waals surface area (Å²) in [4.78, 5) is 12.6. The number of aryl methyl sites for hydroxylation is 1. The van der Waals surface area contributed by atoms with Crippen molar-refractivity contribution in [2.75, 3.05) is 12.4 Å². The molecule has 0 heterocycles. The number of methoxy groups -OCH3 is 1. The largest absolute Gasteiger partial charge is 0.495 e. The second-order valence-corrected chi connectivity index (χ2v) is 6.47. The first-order valence-electron chi connectivity index (χ1n) is 8.49. The van der Waals surface area contributed by atoms with Crippen LogP contribution < -0.4 is 14.8 Å². The van der Waals surface area contributed by atoms with Crippen LogP contribution >= 0.6 is 11.6 Å². The van der Waals surface area contributed by atoms with E-state index in [0.29, 0.717) is 34.4 Å². The van der Waals surface area contributed by atoms with E-state index in [2.05, 4.69) is 5.32 Å². The summed E-state index contributed by atoms with van der Waals surface area (Å²) in [6.07, 6.45) is 0. The highest BCUT2D eigenvalue weighted by Crippen LogP contribution is 2.31. The van der Waals surface area contributed by atoms with Gasteiger partial charge in [0.15, 0.2) is 0 Å². The van der Waals surface area contributed by atoms with Crippen molar-refractivity contribution in [2.24, 2.45) is 0 Å². The molecule has 3 aromatic carbocycles. The third kappa shape index (κ3) is 4.80. The Morgan fingerprint density at radius 2 is 1.81 bits per heavy atom. The molecule has 0 atom stereocenters. The lowest BCUT2D eigenvalue weighted by Gasteiger charge is -2.13. The van der Waals surface area contributed by atoms with E-state index in [1.807, 2.05) is 43.3 Å². The fourth-order valence-electron chi connectivity index (χ4n) is 2.59. The van der Waals surface area contributed by atoms with Gasteiger partial charge in [-0.05, 0) is 42.3 Å². The molecular formula is C22H20ClNO3. The Morgan fingerprint density at radius 1 is 1.04 bits per heavy atom. The molecule has 0 aliphatic heterocycles. The summed E-state index contributed by atoms with van der Waals surface area (Å²) in [6, 6.07) is 20.4. The highest BCUT2D eigenvalue weighted by Gasteiger charge is 2.12. The van der Waals surface area contributed by atoms with Crippen LogP contribution in [0.1, 0.15) is 21.5 Å². The number of ether oxygens (including phenoxy) is 2. The van der Waals surface area contributed by atoms with Crippen LogP contribution in [0.2, 0.25) is 5.02 Å². The van der Waals surface area contributed by atoms with E-state index in [0.717, 1.165) is 11.1 Å². The summed E-state index contributed by atoms with van der Waals surface area (Å²) < 4.78 is 11.1. The Balaban J connectivity index is 1.73. The molecule has 0 aliphatic rings. The Kier molecular flexibility index (Phi) is 5.99. The smallest absolute Gasteiger partial charge is 0.255 e. The van der Waals surface area contributed by atoms with Gasteiger partial charge in [-0.2, -0.15) is 0 Å². The van der Waals surface area contributed by atoms with Gasteiger partial charge in [0.1, 0.15) is 18.1 Å². The van der Waals surface area contributed by atoms with Gasteiger partial charge >= 0.3 is 0 Å². The first kappa shape index (κ1) is 18.8. The lowest BCUT2D eigenvalue weighted by molar-refractivity contribution is 0.102. The van der Waals surface area contributed by atoms with Crippen molar-refractivity contribution in [3.05, 3.63) is 88.4 Å². The zero-order chi connectivity index (χ0) is 19.2. The molecule has 0 fully saturated rings. The van der Waals surface area contributed by atoms with Crippen molar-refractivity contribution in [3.8, 4) is 11.5 Å². The van der Waals surface area contributed by atoms with E-state index in [1.165, 1.54) is 7.11 Å². The zero-order valence-electron chi connectivity index (χ0n) is 15.2. The van der Waals surface area contributed by atoms with Crippen molar-refractivity contribution in [2.45, 2.75) is 13.5 Å². The fourth-order valence-corrected chi connectivity index (χ4v) is 2.75. The van der Waals surface area contributed by atoms with E-state index >= 15 is 0 Å². The van der Waals surface area contributed by atoms with E-state index in [9.17, 15) is 4.79 Å². The van der Waals surface area contributed by atoms with Crippen LogP contribution in [0, 0.1) is 6.92 Å². The molecule has 4 nitrogen and oxygen atoms in total. The molecule has 0 bridgehead atoms. The van der Waals surface area contributed by atoms with Crippen molar-refractivity contribution < 1.29 is 14.3 Å². The summed E-state index contributed by atoms with van der Waals surface area (Å²) >= 11 is 6.11. The summed E-state index contributed by atoms with van der Waals surface area (Å²) in [6.45, 7) is 2.31. The lowest BCUT2D eigenvalue weighted by atomic mass is 10.1. The molecule has 138 valence electrons. The number of benzene rings is 3. The molecule has 0 saturated carbocycles. The molecule has 3 rings (SSSR count). The zero-order valence-corrected chi connectivity index (χ0v) is 15.9. The quantitative estimate of drug-likeness (QED) is 0.614. The van der Waals surface area contributed by atoms with Crippen LogP contribution in [0.15, 0.2) is 66.7 Å². The van der Waals surface area contributed by atoms with Crippen LogP contribution in [0.25, 0.3) is 0 Å². The number of anilines is 1. The minimum atomic E-state index is -0.250. The number of nitrogens with one attached hydrogen (secondary N) is 1. The predicted molar refractivity (Wildman–Crippen MR) is 108 cm³/mol. The summed E-state index contributed by atoms with van der Waals surface area (Å²) in [5, 5.41) is 3.45. The Hall–Kier alpha value is -2.98. The Bertz CT molecular complexity index is 942. The predicted octanol–water partition coefficient (Wildman–Crippen LogP) is 5.49. The van der Waals surface area contributed by atoms with Gasteiger partial charge in [-0.3, -0.25) is 4.79 Å². The number of hydrogen-bond acceptors (Lipinski definition) is 3. The summed E-state index contributed by atoms with van der Waals surface area (Å²) in [5.74, 6) is 0.890. The molecule has 0 aromatic heterocycles. The molecule has 1 N–H and O–H groups in total. The Labute approximate surface area is 163 Å². The van der Waals surface area contributed by atoms with Crippen molar-refractivity contribution >= 4 is 23.2 Å². The average molecular weight is 382 g/mol. The molecular weight excluding hydrogens is 362 g/mol. The van der Waals surface area contributed by atoms with Crippen molar-refractivity contribution in [3.63, 3.8) is 0 Å². The SMILES string of the molecule is COc1cc(Cl)c(C)cc1NC(=O)c1cccc(OCc2ccccc2)c1. The molecule has 0 saturated heterocycles. The monoisotopic (exact) mass is 381 g/mol. The van der Waals surface area contributed by atoms with Crippen LogP contribution in [-0.2, 0) is 6.61 Å². The second kappa shape index (κ2) is 8.60. The number of carbonyl (C=O) groups is 1. The number of amides is 1. The van der Waals surface area contributed by atoms with Crippen molar-refractivity contribution in [1.82, 2.24) is 0 Å². The highest BCUT2D eigenvalue weighted by molar-refractivity contribution is 6.31. The normalized spacial score (nSPS) is 10.3. The van der Waals surface area contributed by atoms with Crippen LogP contribution in [0.3, 0.4) is 0 Å². The van der Waals surface area contributed by atoms with Gasteiger partial charge in [0, 0.05) is 16.7 Å². The second-order valence-electron chi connectivity index (χ2n) is 6.06. The molecule has 0 unspecified atom stereocenters. The number of halogens is 1. The maximum atomic E-state index is 12.6. The standard InChI is InChI=1S/C22H20ClNO3/c1-15-11-20(21(26-2)13-19(15)23)24-22(25)17-9-6-10-18(12-17)27-14-16-7-4-3-5-8-16/h3-13H,14H2,1-2H3,(H,24,25). The van der Waals surface area contributed by atoms with Crippen LogP contribution in [0.4, 0.5) is 5.69 Å². The maximum Gasteiger partial charge on any atom is 0.255 e. The number of carbonyl (C=O) groups excluding carboxylic acids is 1. The van der Waals surface area contributed by atoms with Gasteiger partial charge in [-0.1, -0.05) is 48.0 Å². The van der Waals surface area contributed by atoms with Gasteiger partial charge in [0.2, 0.25) is 0 Å². The number of rotatable bonds is 6. The molecule has 0 radical (unpaired) electrons. The molecule has 0 aliphatic carbocycles. The van der Waals surface area contributed by atoms with Gasteiger partial charge in [0.05, 0.1) is 12.8 Å². The minimum absolute atomic E-state index is 0.250. The molecule has 27 heavy (non-hydrogen) atoms. The van der Waals surface area contributed by atoms with Gasteiger partial charge in [-0.15, -0.1) is 0 Å². The topological polar surface area (TPSA) is 47.6 Å².